The van der Waals surface area contributed by atoms with Crippen molar-refractivity contribution in [3.05, 3.63) is 29.3 Å². The van der Waals surface area contributed by atoms with E-state index in [9.17, 15) is 13.6 Å². The summed E-state index contributed by atoms with van der Waals surface area (Å²) in [5.41, 5.74) is 6.48. The van der Waals surface area contributed by atoms with Gasteiger partial charge in [0.25, 0.3) is 0 Å². The van der Waals surface area contributed by atoms with Crippen molar-refractivity contribution in [2.75, 3.05) is 14.2 Å². The highest BCUT2D eigenvalue weighted by molar-refractivity contribution is 5.92. The van der Waals surface area contributed by atoms with Crippen LogP contribution in [0.25, 0.3) is 0 Å². The van der Waals surface area contributed by atoms with Crippen LogP contribution >= 0.6 is 0 Å². The summed E-state index contributed by atoms with van der Waals surface area (Å²) < 4.78 is 35.6. The van der Waals surface area contributed by atoms with Crippen LogP contribution in [0.3, 0.4) is 0 Å². The van der Waals surface area contributed by atoms with Gasteiger partial charge in [0, 0.05) is 19.6 Å². The molecule has 4 rings (SSSR count). The van der Waals surface area contributed by atoms with E-state index in [0.717, 1.165) is 31.2 Å². The lowest BCUT2D eigenvalue weighted by Gasteiger charge is -2.46. The van der Waals surface area contributed by atoms with Gasteiger partial charge in [-0.05, 0) is 55.4 Å². The maximum atomic E-state index is 13.4. The molecule has 27 heavy (non-hydrogen) atoms. The number of benzene rings is 1. The average molecular weight is 381 g/mol. The number of carbonyl (C=O) groups is 1. The van der Waals surface area contributed by atoms with E-state index >= 15 is 0 Å². The van der Waals surface area contributed by atoms with Crippen LogP contribution in [-0.4, -0.2) is 44.0 Å². The molecule has 2 spiro atoms. The van der Waals surface area contributed by atoms with E-state index in [1.807, 2.05) is 0 Å². The first-order chi connectivity index (χ1) is 12.8. The fourth-order valence-corrected chi connectivity index (χ4v) is 5.29. The molecule has 0 aromatic heterocycles. The monoisotopic (exact) mass is 381 g/mol. The number of hydrogen-bond acceptors (Lipinski definition) is 5. The van der Waals surface area contributed by atoms with E-state index in [1.54, 1.807) is 32.4 Å². The number of methoxy groups -OCH3 is 1. The minimum atomic E-state index is -2.91. The maximum Gasteiger partial charge on any atom is 0.387 e. The molecular weight excluding hydrogens is 356 g/mol. The molecule has 1 heterocycles. The zero-order valence-corrected chi connectivity index (χ0v) is 15.5. The minimum absolute atomic E-state index is 0.0588. The Morgan fingerprint density at radius 1 is 1.33 bits per heavy atom. The van der Waals surface area contributed by atoms with Gasteiger partial charge in [0.05, 0.1) is 6.10 Å². The van der Waals surface area contributed by atoms with Gasteiger partial charge >= 0.3 is 6.61 Å². The van der Waals surface area contributed by atoms with Crippen molar-refractivity contribution in [2.45, 2.75) is 56.6 Å². The summed E-state index contributed by atoms with van der Waals surface area (Å²) >= 11 is 0. The second-order valence-electron chi connectivity index (χ2n) is 7.84. The molecule has 1 saturated heterocycles. The number of halogens is 2. The van der Waals surface area contributed by atoms with Gasteiger partial charge in [0.1, 0.15) is 17.6 Å². The third-order valence-corrected chi connectivity index (χ3v) is 6.68. The van der Waals surface area contributed by atoms with Crippen LogP contribution in [0.5, 0.6) is 5.75 Å². The molecule has 8 heteroatoms. The zero-order valence-electron chi connectivity index (χ0n) is 15.5. The number of nitrogens with zero attached hydrogens (tertiary/aromatic N) is 1. The summed E-state index contributed by atoms with van der Waals surface area (Å²) in [6, 6.07) is 4.92. The molecule has 3 N–H and O–H groups in total. The fraction of sp³-hybridized carbons (Fsp3) is 0.632. The zero-order chi connectivity index (χ0) is 19.4. The first-order valence-corrected chi connectivity index (χ1v) is 9.24. The normalized spacial score (nSPS) is 35.5. The highest BCUT2D eigenvalue weighted by Gasteiger charge is 2.66. The van der Waals surface area contributed by atoms with Crippen molar-refractivity contribution in [1.82, 2.24) is 10.2 Å². The third-order valence-electron chi connectivity index (χ3n) is 6.68. The van der Waals surface area contributed by atoms with E-state index in [4.69, 9.17) is 10.5 Å². The molecular formula is C19H25F2N3O3. The molecule has 1 saturated carbocycles. The fourth-order valence-electron chi connectivity index (χ4n) is 5.29. The number of ether oxygens (including phenoxy) is 2. The molecule has 6 nitrogen and oxygen atoms in total. The lowest BCUT2D eigenvalue weighted by molar-refractivity contribution is -0.138. The Labute approximate surface area is 157 Å². The Bertz CT molecular complexity index is 752. The molecule has 1 aromatic carbocycles. The van der Waals surface area contributed by atoms with Crippen molar-refractivity contribution in [3.8, 4) is 5.75 Å². The van der Waals surface area contributed by atoms with Crippen LogP contribution in [0.2, 0.25) is 0 Å². The highest BCUT2D eigenvalue weighted by atomic mass is 19.3. The number of hydrogen-bond donors (Lipinski definition) is 2. The van der Waals surface area contributed by atoms with E-state index in [1.165, 1.54) is 4.90 Å². The minimum Gasteiger partial charge on any atom is -0.435 e. The molecule has 2 unspecified atom stereocenters. The number of carbonyl (C=O) groups excluding carboxylic acids is 1. The molecule has 2 fully saturated rings. The standard InChI is InChI=1S/C19H25F2N3O3/c1-24-15(25)19(23-17(24)22)14-9-13(27-16(20)21)4-3-11(14)10-18(19)7-5-12(26-2)6-8-18/h3-4,9,12,16-17,23H,5-8,10,22H2,1-2H3. The number of nitrogens with one attached hydrogen (secondary N) is 1. The van der Waals surface area contributed by atoms with Crippen LogP contribution < -0.4 is 15.8 Å². The number of amides is 1. The van der Waals surface area contributed by atoms with Gasteiger partial charge in [0.2, 0.25) is 5.91 Å². The predicted octanol–water partition coefficient (Wildman–Crippen LogP) is 1.92. The number of alkyl halides is 2. The number of rotatable bonds is 3. The van der Waals surface area contributed by atoms with Gasteiger partial charge in [0.15, 0.2) is 0 Å². The largest absolute Gasteiger partial charge is 0.435 e. The van der Waals surface area contributed by atoms with Crippen LogP contribution in [0.1, 0.15) is 36.8 Å². The summed E-state index contributed by atoms with van der Waals surface area (Å²) in [7, 11) is 3.37. The highest BCUT2D eigenvalue weighted by Crippen LogP contribution is 2.60. The lowest BCUT2D eigenvalue weighted by atomic mass is 9.61. The SMILES string of the molecule is COC1CCC2(CC1)Cc1ccc(OC(F)F)cc1C21NC(N)N(C)C1=O. The average Bonchev–Trinajstić information content (AvgIpc) is 3.03. The van der Waals surface area contributed by atoms with Gasteiger partial charge in [-0.15, -0.1) is 0 Å². The van der Waals surface area contributed by atoms with Gasteiger partial charge < -0.3 is 14.4 Å². The van der Waals surface area contributed by atoms with Gasteiger partial charge in [-0.3, -0.25) is 15.8 Å². The Hall–Kier alpha value is -1.77. The molecule has 148 valence electrons. The molecule has 2 atom stereocenters. The Morgan fingerprint density at radius 3 is 2.59 bits per heavy atom. The molecule has 1 aromatic rings. The maximum absolute atomic E-state index is 13.4. The summed E-state index contributed by atoms with van der Waals surface area (Å²) in [5, 5.41) is 3.33. The summed E-state index contributed by atoms with van der Waals surface area (Å²) in [4.78, 5) is 14.9. The second kappa shape index (κ2) is 6.39. The van der Waals surface area contributed by atoms with Crippen molar-refractivity contribution >= 4 is 5.91 Å². The smallest absolute Gasteiger partial charge is 0.387 e. The molecule has 1 aliphatic heterocycles. The lowest BCUT2D eigenvalue weighted by Crippen LogP contribution is -2.57. The van der Waals surface area contributed by atoms with Crippen LogP contribution in [-0.2, 0) is 21.5 Å². The summed E-state index contributed by atoms with van der Waals surface area (Å²) in [5.74, 6) is -0.0534. The molecule has 0 radical (unpaired) electrons. The van der Waals surface area contributed by atoms with Gasteiger partial charge in [-0.1, -0.05) is 6.07 Å². The first-order valence-electron chi connectivity index (χ1n) is 9.24. The van der Waals surface area contributed by atoms with Crippen LogP contribution in [0, 0.1) is 5.41 Å². The molecule has 2 aliphatic carbocycles. The third kappa shape index (κ3) is 2.57. The van der Waals surface area contributed by atoms with Crippen molar-refractivity contribution in [2.24, 2.45) is 11.1 Å². The van der Waals surface area contributed by atoms with E-state index in [2.05, 4.69) is 10.1 Å². The quantitative estimate of drug-likeness (QED) is 0.837. The van der Waals surface area contributed by atoms with Gasteiger partial charge in [-0.2, -0.15) is 8.78 Å². The summed E-state index contributed by atoms with van der Waals surface area (Å²) in [6.45, 7) is -2.91. The Balaban J connectivity index is 1.82. The second-order valence-corrected chi connectivity index (χ2v) is 7.84. The van der Waals surface area contributed by atoms with Crippen molar-refractivity contribution in [3.63, 3.8) is 0 Å². The number of likely N-dealkylation sites (N-methyl/N-ethyl adjacent to an activating group) is 1. The number of fused-ring (bicyclic) bond motifs is 3. The van der Waals surface area contributed by atoms with E-state index in [-0.39, 0.29) is 23.2 Å². The Morgan fingerprint density at radius 2 is 2.04 bits per heavy atom. The first kappa shape index (κ1) is 18.6. The topological polar surface area (TPSA) is 76.8 Å². The van der Waals surface area contributed by atoms with Crippen molar-refractivity contribution in [1.29, 1.82) is 0 Å². The Kier molecular flexibility index (Phi) is 4.40. The number of nitrogens with two attached hydrogens (primary N) is 1. The van der Waals surface area contributed by atoms with Gasteiger partial charge in [-0.25, -0.2) is 0 Å². The van der Waals surface area contributed by atoms with Crippen molar-refractivity contribution < 1.29 is 23.0 Å². The summed E-state index contributed by atoms with van der Waals surface area (Å²) in [6.07, 6.45) is 3.54. The van der Waals surface area contributed by atoms with E-state index < -0.39 is 18.4 Å². The van der Waals surface area contributed by atoms with Crippen LogP contribution in [0.4, 0.5) is 8.78 Å². The van der Waals surface area contributed by atoms with Crippen LogP contribution in [0.15, 0.2) is 18.2 Å². The van der Waals surface area contributed by atoms with E-state index in [0.29, 0.717) is 12.0 Å². The molecule has 0 bridgehead atoms. The molecule has 1 amide bonds. The predicted molar refractivity (Wildman–Crippen MR) is 94.0 cm³/mol. The molecule has 3 aliphatic rings.